The number of carbonyl (C=O) groups is 1. The van der Waals surface area contributed by atoms with Gasteiger partial charge in [0.1, 0.15) is 5.82 Å². The van der Waals surface area contributed by atoms with Crippen molar-refractivity contribution in [2.24, 2.45) is 0 Å². The number of halogens is 2. The summed E-state index contributed by atoms with van der Waals surface area (Å²) in [7, 11) is 0. The summed E-state index contributed by atoms with van der Waals surface area (Å²) in [5, 5.41) is 9.86. The first-order valence-electron chi connectivity index (χ1n) is 6.21. The topological polar surface area (TPSA) is 37.3 Å². The zero-order chi connectivity index (χ0) is 14.7. The Balaban J connectivity index is 2.36. The Morgan fingerprint density at radius 2 is 2.00 bits per heavy atom. The molecule has 104 valence electrons. The highest BCUT2D eigenvalue weighted by Gasteiger charge is 2.23. The van der Waals surface area contributed by atoms with E-state index in [2.05, 4.69) is 0 Å². The van der Waals surface area contributed by atoms with E-state index in [1.54, 1.807) is 37.3 Å². The van der Waals surface area contributed by atoms with Crippen LogP contribution in [0.15, 0.2) is 42.5 Å². The predicted molar refractivity (Wildman–Crippen MR) is 76.7 cm³/mol. The minimum Gasteiger partial charge on any atom is -0.481 e. The first-order valence-corrected chi connectivity index (χ1v) is 6.59. The number of rotatable bonds is 4. The van der Waals surface area contributed by atoms with Crippen molar-refractivity contribution >= 4 is 17.6 Å². The van der Waals surface area contributed by atoms with Crippen molar-refractivity contribution in [3.63, 3.8) is 0 Å². The van der Waals surface area contributed by atoms with Crippen LogP contribution in [0, 0.1) is 12.7 Å². The highest BCUT2D eigenvalue weighted by Crippen LogP contribution is 2.28. The fraction of sp³-hybridized carbons (Fsp3) is 0.188. The monoisotopic (exact) mass is 292 g/mol. The molecular weight excluding hydrogens is 279 g/mol. The van der Waals surface area contributed by atoms with Crippen LogP contribution in [0.1, 0.15) is 22.6 Å². The minimum absolute atomic E-state index is 0.283. The molecule has 0 spiro atoms. The lowest BCUT2D eigenvalue weighted by atomic mass is 9.90. The Kier molecular flexibility index (Phi) is 4.40. The van der Waals surface area contributed by atoms with E-state index in [0.717, 1.165) is 11.1 Å². The Morgan fingerprint density at radius 3 is 2.60 bits per heavy atom. The summed E-state index contributed by atoms with van der Waals surface area (Å²) >= 11 is 6.07. The van der Waals surface area contributed by atoms with Crippen LogP contribution in [0.5, 0.6) is 0 Å². The maximum atomic E-state index is 13.1. The smallest absolute Gasteiger partial charge is 0.311 e. The van der Waals surface area contributed by atoms with Crippen molar-refractivity contribution < 1.29 is 14.3 Å². The Hall–Kier alpha value is -1.87. The van der Waals surface area contributed by atoms with Crippen molar-refractivity contribution in [2.45, 2.75) is 19.3 Å². The second-order valence-corrected chi connectivity index (χ2v) is 5.09. The van der Waals surface area contributed by atoms with E-state index in [1.165, 1.54) is 12.1 Å². The summed E-state index contributed by atoms with van der Waals surface area (Å²) in [6, 6.07) is 11.3. The van der Waals surface area contributed by atoms with Crippen molar-refractivity contribution in [1.82, 2.24) is 0 Å². The van der Waals surface area contributed by atoms with Crippen LogP contribution in [0.4, 0.5) is 4.39 Å². The van der Waals surface area contributed by atoms with E-state index in [1.807, 2.05) is 0 Å². The van der Waals surface area contributed by atoms with Crippen LogP contribution in [0.25, 0.3) is 0 Å². The summed E-state index contributed by atoms with van der Waals surface area (Å²) in [6.45, 7) is 1.77. The molecule has 0 aromatic heterocycles. The summed E-state index contributed by atoms with van der Waals surface area (Å²) in [5.74, 6) is -2.01. The maximum Gasteiger partial charge on any atom is 0.311 e. The van der Waals surface area contributed by atoms with Gasteiger partial charge in [-0.25, -0.2) is 4.39 Å². The van der Waals surface area contributed by atoms with Crippen molar-refractivity contribution in [2.75, 3.05) is 0 Å². The number of aryl methyl sites for hydroxylation is 1. The van der Waals surface area contributed by atoms with Gasteiger partial charge in [-0.15, -0.1) is 0 Å². The third-order valence-electron chi connectivity index (χ3n) is 3.31. The number of carboxylic acids is 1. The molecule has 20 heavy (non-hydrogen) atoms. The van der Waals surface area contributed by atoms with E-state index < -0.39 is 11.9 Å². The molecule has 0 saturated heterocycles. The van der Waals surface area contributed by atoms with Gasteiger partial charge in [-0.2, -0.15) is 0 Å². The largest absolute Gasteiger partial charge is 0.481 e. The van der Waals surface area contributed by atoms with E-state index in [4.69, 9.17) is 11.6 Å². The molecule has 0 saturated carbocycles. The minimum atomic E-state index is -0.943. The average molecular weight is 293 g/mol. The Labute approximate surface area is 121 Å². The number of aliphatic carboxylic acids is 1. The number of carboxylic acid groups (broad SMARTS) is 1. The Bertz CT molecular complexity index is 640. The van der Waals surface area contributed by atoms with Gasteiger partial charge in [-0.05, 0) is 48.2 Å². The summed E-state index contributed by atoms with van der Waals surface area (Å²) < 4.78 is 13.1. The van der Waals surface area contributed by atoms with E-state index in [9.17, 15) is 14.3 Å². The molecule has 0 heterocycles. The molecule has 2 rings (SSSR count). The van der Waals surface area contributed by atoms with Crippen molar-refractivity contribution in [1.29, 1.82) is 0 Å². The highest BCUT2D eigenvalue weighted by atomic mass is 35.5. The van der Waals surface area contributed by atoms with Gasteiger partial charge in [-0.3, -0.25) is 4.79 Å². The van der Waals surface area contributed by atoms with Crippen molar-refractivity contribution in [3.8, 4) is 0 Å². The zero-order valence-corrected chi connectivity index (χ0v) is 11.7. The van der Waals surface area contributed by atoms with Crippen LogP contribution in [0.2, 0.25) is 5.02 Å². The van der Waals surface area contributed by atoms with Crippen LogP contribution < -0.4 is 0 Å². The molecule has 2 aromatic rings. The summed E-state index contributed by atoms with van der Waals surface area (Å²) in [6.07, 6.45) is 0.283. The maximum absolute atomic E-state index is 13.1. The normalized spacial score (nSPS) is 12.2. The summed E-state index contributed by atoms with van der Waals surface area (Å²) in [5.41, 5.74) is 2.12. The first kappa shape index (κ1) is 14.5. The van der Waals surface area contributed by atoms with E-state index in [0.29, 0.717) is 10.6 Å². The van der Waals surface area contributed by atoms with Crippen LogP contribution in [0.3, 0.4) is 0 Å². The van der Waals surface area contributed by atoms with Gasteiger partial charge in [0.15, 0.2) is 0 Å². The van der Waals surface area contributed by atoms with E-state index >= 15 is 0 Å². The zero-order valence-electron chi connectivity index (χ0n) is 10.9. The second kappa shape index (κ2) is 6.06. The fourth-order valence-corrected chi connectivity index (χ4v) is 2.46. The lowest BCUT2D eigenvalue weighted by Crippen LogP contribution is -2.15. The standard InChI is InChI=1S/C16H14ClFO2/c1-10-8-12(18)7-6-11(10)9-14(16(19)20)13-4-2-3-5-15(13)17/h2-8,14H,9H2,1H3,(H,19,20). The van der Waals surface area contributed by atoms with Gasteiger partial charge in [-0.1, -0.05) is 35.9 Å². The molecule has 0 aliphatic rings. The molecule has 2 aromatic carbocycles. The predicted octanol–water partition coefficient (Wildman–Crippen LogP) is 4.20. The molecule has 0 aliphatic carbocycles. The lowest BCUT2D eigenvalue weighted by molar-refractivity contribution is -0.138. The number of benzene rings is 2. The molecular formula is C16H14ClFO2. The quantitative estimate of drug-likeness (QED) is 0.917. The molecule has 4 heteroatoms. The van der Waals surface area contributed by atoms with Gasteiger partial charge >= 0.3 is 5.97 Å². The van der Waals surface area contributed by atoms with Crippen LogP contribution in [-0.4, -0.2) is 11.1 Å². The fourth-order valence-electron chi connectivity index (χ4n) is 2.20. The molecule has 0 bridgehead atoms. The lowest BCUT2D eigenvalue weighted by Gasteiger charge is -2.15. The molecule has 1 unspecified atom stereocenters. The molecule has 0 fully saturated rings. The van der Waals surface area contributed by atoms with Gasteiger partial charge in [0.05, 0.1) is 5.92 Å². The molecule has 0 aliphatic heterocycles. The van der Waals surface area contributed by atoms with Crippen molar-refractivity contribution in [3.05, 3.63) is 70.0 Å². The number of hydrogen-bond acceptors (Lipinski definition) is 1. The van der Waals surface area contributed by atoms with E-state index in [-0.39, 0.29) is 12.2 Å². The van der Waals surface area contributed by atoms with Gasteiger partial charge in [0, 0.05) is 5.02 Å². The molecule has 0 amide bonds. The average Bonchev–Trinajstić information content (AvgIpc) is 2.39. The van der Waals surface area contributed by atoms with Gasteiger partial charge in [0.2, 0.25) is 0 Å². The third kappa shape index (κ3) is 3.17. The number of hydrogen-bond donors (Lipinski definition) is 1. The summed E-state index contributed by atoms with van der Waals surface area (Å²) in [4.78, 5) is 11.5. The Morgan fingerprint density at radius 1 is 1.30 bits per heavy atom. The van der Waals surface area contributed by atoms with Gasteiger partial charge in [0.25, 0.3) is 0 Å². The van der Waals surface area contributed by atoms with Crippen LogP contribution >= 0.6 is 11.6 Å². The third-order valence-corrected chi connectivity index (χ3v) is 3.65. The molecule has 1 atom stereocenters. The second-order valence-electron chi connectivity index (χ2n) is 4.69. The molecule has 0 radical (unpaired) electrons. The molecule has 1 N–H and O–H groups in total. The first-order chi connectivity index (χ1) is 9.49. The SMILES string of the molecule is Cc1cc(F)ccc1CC(C(=O)O)c1ccccc1Cl. The van der Waals surface area contributed by atoms with Gasteiger partial charge < -0.3 is 5.11 Å². The molecule has 2 nitrogen and oxygen atoms in total. The van der Waals surface area contributed by atoms with Crippen LogP contribution in [-0.2, 0) is 11.2 Å². The highest BCUT2D eigenvalue weighted by molar-refractivity contribution is 6.31.